The van der Waals surface area contributed by atoms with Gasteiger partial charge in [0.2, 0.25) is 11.8 Å². The van der Waals surface area contributed by atoms with Crippen LogP contribution < -0.4 is 11.1 Å². The fourth-order valence-electron chi connectivity index (χ4n) is 2.25. The molecular weight excluding hydrogens is 232 g/mol. The van der Waals surface area contributed by atoms with Crippen LogP contribution in [0.25, 0.3) is 5.65 Å². The van der Waals surface area contributed by atoms with Crippen molar-refractivity contribution in [1.29, 1.82) is 0 Å². The molecule has 0 aromatic carbocycles. The largest absolute Gasteiger partial charge is 0.398 e. The number of hydrogen-bond acceptors (Lipinski definition) is 4. The number of aromatic nitrogens is 2. The molecule has 3 heterocycles. The number of anilines is 1. The van der Waals surface area contributed by atoms with E-state index in [-0.39, 0.29) is 17.7 Å². The maximum absolute atomic E-state index is 11.8. The third kappa shape index (κ3) is 1.62. The Morgan fingerprint density at radius 2 is 2.22 bits per heavy atom. The summed E-state index contributed by atoms with van der Waals surface area (Å²) in [5, 5.41) is 2.35. The lowest BCUT2D eigenvalue weighted by atomic mass is 9.95. The number of nitrogen functional groups attached to an aromatic ring is 1. The first kappa shape index (κ1) is 10.8. The molecule has 2 aromatic rings. The van der Waals surface area contributed by atoms with Crippen molar-refractivity contribution in [2.45, 2.75) is 18.8 Å². The predicted molar refractivity (Wildman–Crippen MR) is 64.7 cm³/mol. The Hall–Kier alpha value is -2.37. The van der Waals surface area contributed by atoms with E-state index >= 15 is 0 Å². The topological polar surface area (TPSA) is 89.5 Å². The molecule has 6 nitrogen and oxygen atoms in total. The molecule has 3 N–H and O–H groups in total. The van der Waals surface area contributed by atoms with Crippen LogP contribution in [0.15, 0.2) is 24.5 Å². The van der Waals surface area contributed by atoms with Gasteiger partial charge in [-0.3, -0.25) is 14.9 Å². The minimum atomic E-state index is -0.348. The molecule has 1 aliphatic heterocycles. The van der Waals surface area contributed by atoms with Crippen molar-refractivity contribution in [2.75, 3.05) is 5.73 Å². The van der Waals surface area contributed by atoms with Crippen LogP contribution >= 0.6 is 0 Å². The number of piperidine rings is 1. The van der Waals surface area contributed by atoms with Gasteiger partial charge in [0.15, 0.2) is 0 Å². The summed E-state index contributed by atoms with van der Waals surface area (Å²) in [7, 11) is 0. The number of imide groups is 1. The summed E-state index contributed by atoms with van der Waals surface area (Å²) in [5.41, 5.74) is 7.85. The van der Waals surface area contributed by atoms with Gasteiger partial charge < -0.3 is 10.1 Å². The van der Waals surface area contributed by atoms with Gasteiger partial charge in [-0.1, -0.05) is 0 Å². The predicted octanol–water partition coefficient (Wildman–Crippen LogP) is 0.437. The smallest absolute Gasteiger partial charge is 0.235 e. The van der Waals surface area contributed by atoms with E-state index in [1.165, 1.54) is 0 Å². The number of carbonyl (C=O) groups is 2. The van der Waals surface area contributed by atoms with Crippen molar-refractivity contribution < 1.29 is 9.59 Å². The molecule has 0 aliphatic carbocycles. The second-order valence-corrected chi connectivity index (χ2v) is 4.38. The van der Waals surface area contributed by atoms with E-state index in [2.05, 4.69) is 10.3 Å². The third-order valence-corrected chi connectivity index (χ3v) is 3.15. The van der Waals surface area contributed by atoms with Crippen LogP contribution in [0.5, 0.6) is 0 Å². The highest BCUT2D eigenvalue weighted by Crippen LogP contribution is 2.25. The average molecular weight is 244 g/mol. The highest BCUT2D eigenvalue weighted by Gasteiger charge is 2.30. The van der Waals surface area contributed by atoms with E-state index < -0.39 is 0 Å². The van der Waals surface area contributed by atoms with Gasteiger partial charge >= 0.3 is 0 Å². The minimum absolute atomic E-state index is 0.218. The van der Waals surface area contributed by atoms with Gasteiger partial charge in [0.1, 0.15) is 5.65 Å². The molecule has 1 atom stereocenters. The molecule has 2 amide bonds. The summed E-state index contributed by atoms with van der Waals surface area (Å²) >= 11 is 0. The maximum atomic E-state index is 11.8. The Balaban J connectivity index is 2.06. The molecule has 0 spiro atoms. The molecule has 0 radical (unpaired) electrons. The van der Waals surface area contributed by atoms with Crippen molar-refractivity contribution in [1.82, 2.24) is 14.7 Å². The van der Waals surface area contributed by atoms with Gasteiger partial charge in [0.05, 0.1) is 11.6 Å². The molecule has 1 fully saturated rings. The summed E-state index contributed by atoms with van der Waals surface area (Å²) in [4.78, 5) is 27.2. The number of amides is 2. The van der Waals surface area contributed by atoms with Crippen molar-refractivity contribution in [3.05, 3.63) is 30.2 Å². The Morgan fingerprint density at radius 3 is 3.00 bits per heavy atom. The average Bonchev–Trinajstić information content (AvgIpc) is 2.72. The summed E-state index contributed by atoms with van der Waals surface area (Å²) in [6.45, 7) is 0. The van der Waals surface area contributed by atoms with Crippen molar-refractivity contribution in [3.63, 3.8) is 0 Å². The van der Waals surface area contributed by atoms with E-state index in [0.29, 0.717) is 18.5 Å². The molecule has 0 bridgehead atoms. The summed E-state index contributed by atoms with van der Waals surface area (Å²) < 4.78 is 1.80. The van der Waals surface area contributed by atoms with E-state index in [9.17, 15) is 9.59 Å². The van der Waals surface area contributed by atoms with Gasteiger partial charge in [-0.2, -0.15) is 0 Å². The van der Waals surface area contributed by atoms with Crippen LogP contribution in [0, 0.1) is 0 Å². The SMILES string of the molecule is Nc1ccc2ncc(C3CCC(=O)NC3=O)n2c1. The number of nitrogens with two attached hydrogens (primary N) is 1. The van der Waals surface area contributed by atoms with Crippen LogP contribution in [0.4, 0.5) is 5.69 Å². The molecule has 1 aliphatic rings. The number of carbonyl (C=O) groups excluding carboxylic acids is 2. The van der Waals surface area contributed by atoms with E-state index in [4.69, 9.17) is 5.73 Å². The van der Waals surface area contributed by atoms with Gasteiger partial charge in [0.25, 0.3) is 0 Å². The number of rotatable bonds is 1. The number of nitrogens with zero attached hydrogens (tertiary/aromatic N) is 2. The Morgan fingerprint density at radius 1 is 1.39 bits per heavy atom. The van der Waals surface area contributed by atoms with Gasteiger partial charge in [-0.15, -0.1) is 0 Å². The summed E-state index contributed by atoms with van der Waals surface area (Å²) in [6.07, 6.45) is 4.26. The zero-order chi connectivity index (χ0) is 12.7. The van der Waals surface area contributed by atoms with Crippen molar-refractivity contribution >= 4 is 23.1 Å². The monoisotopic (exact) mass is 244 g/mol. The maximum Gasteiger partial charge on any atom is 0.235 e. The standard InChI is InChI=1S/C12H12N4O2/c13-7-1-3-10-14-5-9(16(10)6-7)8-2-4-11(17)15-12(8)18/h1,3,5-6,8H,2,4,13H2,(H,15,17,18). The lowest BCUT2D eigenvalue weighted by Crippen LogP contribution is -2.39. The summed E-state index contributed by atoms with van der Waals surface area (Å²) in [6, 6.07) is 3.56. The molecular formula is C12H12N4O2. The molecule has 1 saturated heterocycles. The van der Waals surface area contributed by atoms with Gasteiger partial charge in [-0.05, 0) is 18.6 Å². The van der Waals surface area contributed by atoms with Crippen LogP contribution in [-0.2, 0) is 9.59 Å². The fourth-order valence-corrected chi connectivity index (χ4v) is 2.25. The Bertz CT molecular complexity index is 647. The van der Waals surface area contributed by atoms with E-state index in [0.717, 1.165) is 11.3 Å². The normalized spacial score (nSPS) is 20.1. The van der Waals surface area contributed by atoms with Crippen LogP contribution in [-0.4, -0.2) is 21.2 Å². The zero-order valence-corrected chi connectivity index (χ0v) is 9.59. The first-order valence-electron chi connectivity index (χ1n) is 5.71. The van der Waals surface area contributed by atoms with Crippen LogP contribution in [0.1, 0.15) is 24.5 Å². The fraction of sp³-hybridized carbons (Fsp3) is 0.250. The highest BCUT2D eigenvalue weighted by molar-refractivity contribution is 6.00. The lowest BCUT2D eigenvalue weighted by Gasteiger charge is -2.20. The van der Waals surface area contributed by atoms with Crippen LogP contribution in [0.2, 0.25) is 0 Å². The number of fused-ring (bicyclic) bond motifs is 1. The number of pyridine rings is 1. The second-order valence-electron chi connectivity index (χ2n) is 4.38. The first-order valence-corrected chi connectivity index (χ1v) is 5.71. The second kappa shape index (κ2) is 3.83. The minimum Gasteiger partial charge on any atom is -0.398 e. The third-order valence-electron chi connectivity index (χ3n) is 3.15. The zero-order valence-electron chi connectivity index (χ0n) is 9.59. The van der Waals surface area contributed by atoms with Crippen molar-refractivity contribution in [2.24, 2.45) is 0 Å². The number of hydrogen-bond donors (Lipinski definition) is 2. The lowest BCUT2D eigenvalue weighted by molar-refractivity contribution is -0.134. The first-order chi connectivity index (χ1) is 8.65. The summed E-state index contributed by atoms with van der Waals surface area (Å²) in [5.74, 6) is -0.834. The van der Waals surface area contributed by atoms with E-state index in [1.807, 2.05) is 0 Å². The number of nitrogens with one attached hydrogen (secondary N) is 1. The Kier molecular flexibility index (Phi) is 2.29. The highest BCUT2D eigenvalue weighted by atomic mass is 16.2. The van der Waals surface area contributed by atoms with Gasteiger partial charge in [0, 0.05) is 24.5 Å². The molecule has 2 aromatic heterocycles. The number of imidazole rings is 1. The van der Waals surface area contributed by atoms with Gasteiger partial charge in [-0.25, -0.2) is 4.98 Å². The van der Waals surface area contributed by atoms with E-state index in [1.54, 1.807) is 28.9 Å². The molecule has 6 heteroatoms. The van der Waals surface area contributed by atoms with Crippen molar-refractivity contribution in [3.8, 4) is 0 Å². The van der Waals surface area contributed by atoms with Crippen LogP contribution in [0.3, 0.4) is 0 Å². The molecule has 1 unspecified atom stereocenters. The quantitative estimate of drug-likeness (QED) is 0.712. The molecule has 92 valence electrons. The molecule has 18 heavy (non-hydrogen) atoms. The Labute approximate surface area is 103 Å². The molecule has 3 rings (SSSR count). The molecule has 0 saturated carbocycles.